The Kier molecular flexibility index (Phi) is 4.59. The summed E-state index contributed by atoms with van der Waals surface area (Å²) in [6.07, 6.45) is 4.01. The Balaban J connectivity index is 2.26. The number of hydrogen-bond donors (Lipinski definition) is 2. The van der Waals surface area contributed by atoms with E-state index in [9.17, 15) is 4.79 Å². The van der Waals surface area contributed by atoms with Crippen LogP contribution in [0.5, 0.6) is 0 Å². The Bertz CT molecular complexity index is 236. The summed E-state index contributed by atoms with van der Waals surface area (Å²) in [5.41, 5.74) is 5.11. The van der Waals surface area contributed by atoms with Crippen LogP contribution in [0.2, 0.25) is 0 Å². The molecule has 0 bridgehead atoms. The maximum atomic E-state index is 11.5. The molecule has 4 nitrogen and oxygen atoms in total. The predicted octanol–water partition coefficient (Wildman–Crippen LogP) is 2.03. The first-order valence-electron chi connectivity index (χ1n) is 6.10. The summed E-state index contributed by atoms with van der Waals surface area (Å²) < 4.78 is 5.22. The minimum absolute atomic E-state index is 0.270. The lowest BCUT2D eigenvalue weighted by atomic mass is 10.0. The summed E-state index contributed by atoms with van der Waals surface area (Å²) in [6, 6.07) is 0.270. The standard InChI is InChI=1S/C12H24N2O2/c1-12(2,3)16-11(15)14-10-5-4-9(8-10)6-7-13/h9-10H,4-8,13H2,1-3H3,(H,14,15). The van der Waals surface area contributed by atoms with Gasteiger partial charge < -0.3 is 15.8 Å². The summed E-state index contributed by atoms with van der Waals surface area (Å²) in [5.74, 6) is 0.671. The molecule has 0 aliphatic heterocycles. The van der Waals surface area contributed by atoms with E-state index in [-0.39, 0.29) is 12.1 Å². The molecule has 1 rings (SSSR count). The quantitative estimate of drug-likeness (QED) is 0.776. The molecular formula is C12H24N2O2. The third-order valence-electron chi connectivity index (χ3n) is 2.84. The molecule has 0 aromatic rings. The van der Waals surface area contributed by atoms with Gasteiger partial charge in [0.25, 0.3) is 0 Å². The van der Waals surface area contributed by atoms with Gasteiger partial charge in [-0.2, -0.15) is 0 Å². The van der Waals surface area contributed by atoms with Crippen LogP contribution >= 0.6 is 0 Å². The summed E-state index contributed by atoms with van der Waals surface area (Å²) in [4.78, 5) is 11.5. The number of rotatable bonds is 3. The topological polar surface area (TPSA) is 64.3 Å². The van der Waals surface area contributed by atoms with Crippen LogP contribution in [0.4, 0.5) is 4.79 Å². The van der Waals surface area contributed by atoms with E-state index < -0.39 is 5.60 Å². The van der Waals surface area contributed by atoms with Gasteiger partial charge in [-0.3, -0.25) is 0 Å². The lowest BCUT2D eigenvalue weighted by Crippen LogP contribution is -2.38. The van der Waals surface area contributed by atoms with Crippen LogP contribution in [0.25, 0.3) is 0 Å². The number of alkyl carbamates (subject to hydrolysis) is 1. The molecule has 2 atom stereocenters. The molecule has 4 heteroatoms. The zero-order chi connectivity index (χ0) is 12.2. The minimum atomic E-state index is -0.417. The molecule has 3 N–H and O–H groups in total. The molecule has 1 aliphatic carbocycles. The zero-order valence-electron chi connectivity index (χ0n) is 10.6. The molecule has 0 spiro atoms. The molecule has 1 aliphatic rings. The highest BCUT2D eigenvalue weighted by Crippen LogP contribution is 2.27. The van der Waals surface area contributed by atoms with Crippen LogP contribution in [-0.4, -0.2) is 24.3 Å². The largest absolute Gasteiger partial charge is 0.444 e. The average Bonchev–Trinajstić information content (AvgIpc) is 2.49. The highest BCUT2D eigenvalue weighted by atomic mass is 16.6. The predicted molar refractivity (Wildman–Crippen MR) is 64.2 cm³/mol. The monoisotopic (exact) mass is 228 g/mol. The first-order chi connectivity index (χ1) is 7.40. The fourth-order valence-electron chi connectivity index (χ4n) is 2.18. The van der Waals surface area contributed by atoms with Crippen molar-refractivity contribution in [3.05, 3.63) is 0 Å². The van der Waals surface area contributed by atoms with Crippen LogP contribution in [0.3, 0.4) is 0 Å². The van der Waals surface area contributed by atoms with Crippen molar-refractivity contribution < 1.29 is 9.53 Å². The fourth-order valence-corrected chi connectivity index (χ4v) is 2.18. The van der Waals surface area contributed by atoms with E-state index in [0.29, 0.717) is 5.92 Å². The molecule has 1 fully saturated rings. The van der Waals surface area contributed by atoms with Gasteiger partial charge in [0.1, 0.15) is 5.60 Å². The van der Waals surface area contributed by atoms with E-state index in [1.807, 2.05) is 20.8 Å². The highest BCUT2D eigenvalue weighted by Gasteiger charge is 2.26. The van der Waals surface area contributed by atoms with Gasteiger partial charge in [0.15, 0.2) is 0 Å². The van der Waals surface area contributed by atoms with Gasteiger partial charge in [0.2, 0.25) is 0 Å². The maximum absolute atomic E-state index is 11.5. The number of amides is 1. The minimum Gasteiger partial charge on any atom is -0.444 e. The van der Waals surface area contributed by atoms with Crippen molar-refractivity contribution in [1.29, 1.82) is 0 Å². The molecule has 0 aromatic heterocycles. The molecule has 0 heterocycles. The summed E-state index contributed by atoms with van der Waals surface area (Å²) in [7, 11) is 0. The second kappa shape index (κ2) is 5.53. The molecule has 0 saturated heterocycles. The SMILES string of the molecule is CC(C)(C)OC(=O)NC1CCC(CCN)C1. The lowest BCUT2D eigenvalue weighted by molar-refractivity contribution is 0.0504. The number of hydrogen-bond acceptors (Lipinski definition) is 3. The van der Waals surface area contributed by atoms with E-state index in [1.54, 1.807) is 0 Å². The van der Waals surface area contributed by atoms with E-state index in [1.165, 1.54) is 0 Å². The summed E-state index contributed by atoms with van der Waals surface area (Å²) >= 11 is 0. The number of ether oxygens (including phenoxy) is 1. The Morgan fingerprint density at radius 1 is 1.44 bits per heavy atom. The van der Waals surface area contributed by atoms with Crippen LogP contribution in [-0.2, 0) is 4.74 Å². The fraction of sp³-hybridized carbons (Fsp3) is 0.917. The van der Waals surface area contributed by atoms with Crippen LogP contribution < -0.4 is 11.1 Å². The van der Waals surface area contributed by atoms with Gasteiger partial charge >= 0.3 is 6.09 Å². The highest BCUT2D eigenvalue weighted by molar-refractivity contribution is 5.68. The van der Waals surface area contributed by atoms with Crippen molar-refractivity contribution in [1.82, 2.24) is 5.32 Å². The van der Waals surface area contributed by atoms with Crippen molar-refractivity contribution in [3.8, 4) is 0 Å². The van der Waals surface area contributed by atoms with Crippen molar-refractivity contribution in [2.45, 2.75) is 58.1 Å². The van der Waals surface area contributed by atoms with Crippen LogP contribution in [0.15, 0.2) is 0 Å². The van der Waals surface area contributed by atoms with Gasteiger partial charge in [-0.15, -0.1) is 0 Å². The van der Waals surface area contributed by atoms with Gasteiger partial charge in [0.05, 0.1) is 0 Å². The summed E-state index contributed by atoms with van der Waals surface area (Å²) in [6.45, 7) is 6.36. The molecule has 2 unspecified atom stereocenters. The zero-order valence-corrected chi connectivity index (χ0v) is 10.6. The maximum Gasteiger partial charge on any atom is 0.407 e. The van der Waals surface area contributed by atoms with Crippen LogP contribution in [0, 0.1) is 5.92 Å². The van der Waals surface area contributed by atoms with Crippen molar-refractivity contribution in [2.24, 2.45) is 11.7 Å². The third-order valence-corrected chi connectivity index (χ3v) is 2.84. The first-order valence-corrected chi connectivity index (χ1v) is 6.10. The van der Waals surface area contributed by atoms with E-state index in [0.717, 1.165) is 32.2 Å². The molecule has 0 radical (unpaired) electrons. The lowest BCUT2D eigenvalue weighted by Gasteiger charge is -2.21. The van der Waals surface area contributed by atoms with E-state index in [2.05, 4.69) is 5.32 Å². The Hall–Kier alpha value is -0.770. The number of carbonyl (C=O) groups excluding carboxylic acids is 1. The van der Waals surface area contributed by atoms with Crippen LogP contribution in [0.1, 0.15) is 46.5 Å². The Morgan fingerprint density at radius 3 is 2.69 bits per heavy atom. The van der Waals surface area contributed by atoms with Crippen molar-refractivity contribution in [2.75, 3.05) is 6.54 Å². The van der Waals surface area contributed by atoms with Gasteiger partial charge in [-0.1, -0.05) is 0 Å². The molecule has 1 amide bonds. The molecular weight excluding hydrogens is 204 g/mol. The Morgan fingerprint density at radius 2 is 2.12 bits per heavy atom. The Labute approximate surface area is 97.9 Å². The molecule has 94 valence electrons. The number of nitrogens with one attached hydrogen (secondary N) is 1. The van der Waals surface area contributed by atoms with Gasteiger partial charge in [0, 0.05) is 6.04 Å². The molecule has 0 aromatic carbocycles. The van der Waals surface area contributed by atoms with Gasteiger partial charge in [-0.05, 0) is 58.9 Å². The molecule has 16 heavy (non-hydrogen) atoms. The van der Waals surface area contributed by atoms with Crippen molar-refractivity contribution in [3.63, 3.8) is 0 Å². The summed E-state index contributed by atoms with van der Waals surface area (Å²) in [5, 5.41) is 2.92. The second-order valence-corrected chi connectivity index (χ2v) is 5.60. The van der Waals surface area contributed by atoms with Gasteiger partial charge in [-0.25, -0.2) is 4.79 Å². The third kappa shape index (κ3) is 4.84. The average molecular weight is 228 g/mol. The first kappa shape index (κ1) is 13.3. The number of carbonyl (C=O) groups is 1. The van der Waals surface area contributed by atoms with Crippen molar-refractivity contribution >= 4 is 6.09 Å². The normalized spacial score (nSPS) is 25.5. The smallest absolute Gasteiger partial charge is 0.407 e. The number of nitrogens with two attached hydrogens (primary N) is 1. The second-order valence-electron chi connectivity index (χ2n) is 5.60. The molecule has 1 saturated carbocycles. The van der Waals surface area contributed by atoms with E-state index >= 15 is 0 Å². The van der Waals surface area contributed by atoms with E-state index in [4.69, 9.17) is 10.5 Å².